The van der Waals surface area contributed by atoms with E-state index >= 15 is 0 Å². The van der Waals surface area contributed by atoms with Gasteiger partial charge in [0.05, 0.1) is 11.6 Å². The summed E-state index contributed by atoms with van der Waals surface area (Å²) in [4.78, 5) is 11.3. The van der Waals surface area contributed by atoms with Gasteiger partial charge < -0.3 is 10.1 Å². The summed E-state index contributed by atoms with van der Waals surface area (Å²) in [5, 5.41) is 1.97. The third-order valence-corrected chi connectivity index (χ3v) is 2.36. The third kappa shape index (κ3) is 4.14. The van der Waals surface area contributed by atoms with Gasteiger partial charge >= 0.3 is 6.09 Å². The van der Waals surface area contributed by atoms with Crippen LogP contribution in [0.3, 0.4) is 0 Å². The number of nitrogens with one attached hydrogen (secondary N) is 1. The molecule has 1 N–H and O–H groups in total. The SMILES string of the molecule is CC(C)(C)OC(=O)NCc1c(F)ccc(F)c1Cl. The molecule has 6 heteroatoms. The molecule has 3 nitrogen and oxygen atoms in total. The number of rotatable bonds is 2. The van der Waals surface area contributed by atoms with E-state index in [4.69, 9.17) is 16.3 Å². The quantitative estimate of drug-likeness (QED) is 0.838. The lowest BCUT2D eigenvalue weighted by Crippen LogP contribution is -2.32. The number of alkyl carbamates (subject to hydrolysis) is 1. The maximum absolute atomic E-state index is 13.4. The van der Waals surface area contributed by atoms with Crippen molar-refractivity contribution in [2.24, 2.45) is 0 Å². The number of carbonyl (C=O) groups excluding carboxylic acids is 1. The van der Waals surface area contributed by atoms with Crippen LogP contribution < -0.4 is 5.32 Å². The summed E-state index contributed by atoms with van der Waals surface area (Å²) in [5.74, 6) is -1.42. The highest BCUT2D eigenvalue weighted by Crippen LogP contribution is 2.22. The first-order valence-corrected chi connectivity index (χ1v) is 5.68. The second-order valence-corrected chi connectivity index (χ2v) is 5.06. The lowest BCUT2D eigenvalue weighted by Gasteiger charge is -2.19. The minimum atomic E-state index is -0.737. The van der Waals surface area contributed by atoms with Crippen LogP contribution in [0, 0.1) is 11.6 Å². The Morgan fingerprint density at radius 3 is 2.44 bits per heavy atom. The highest BCUT2D eigenvalue weighted by Gasteiger charge is 2.17. The largest absolute Gasteiger partial charge is 0.444 e. The van der Waals surface area contributed by atoms with Gasteiger partial charge in [-0.15, -0.1) is 0 Å². The maximum Gasteiger partial charge on any atom is 0.407 e. The molecule has 18 heavy (non-hydrogen) atoms. The first kappa shape index (κ1) is 14.7. The van der Waals surface area contributed by atoms with Crippen LogP contribution in [0.5, 0.6) is 0 Å². The summed E-state index contributed by atoms with van der Waals surface area (Å²) in [6.07, 6.45) is -0.720. The summed E-state index contributed by atoms with van der Waals surface area (Å²) in [7, 11) is 0. The van der Waals surface area contributed by atoms with Crippen molar-refractivity contribution >= 4 is 17.7 Å². The van der Waals surface area contributed by atoms with Crippen molar-refractivity contribution in [2.45, 2.75) is 32.9 Å². The molecule has 1 amide bonds. The number of carbonyl (C=O) groups is 1. The zero-order chi connectivity index (χ0) is 13.9. The number of amides is 1. The van der Waals surface area contributed by atoms with Gasteiger partial charge in [-0.3, -0.25) is 0 Å². The molecule has 1 rings (SSSR count). The monoisotopic (exact) mass is 277 g/mol. The molecule has 0 saturated carbocycles. The average molecular weight is 278 g/mol. The van der Waals surface area contributed by atoms with Crippen molar-refractivity contribution in [3.8, 4) is 0 Å². The van der Waals surface area contributed by atoms with E-state index in [0.29, 0.717) is 0 Å². The molecule has 100 valence electrons. The van der Waals surface area contributed by atoms with E-state index in [1.54, 1.807) is 20.8 Å². The molecule has 0 aromatic heterocycles. The Hall–Kier alpha value is -1.36. The minimum absolute atomic E-state index is 0.109. The average Bonchev–Trinajstić information content (AvgIpc) is 2.21. The van der Waals surface area contributed by atoms with Gasteiger partial charge in [-0.05, 0) is 32.9 Å². The van der Waals surface area contributed by atoms with Crippen molar-refractivity contribution in [2.75, 3.05) is 0 Å². The number of hydrogen-bond acceptors (Lipinski definition) is 2. The van der Waals surface area contributed by atoms with Crippen LogP contribution >= 0.6 is 11.6 Å². The van der Waals surface area contributed by atoms with Crippen LogP contribution in [0.25, 0.3) is 0 Å². The van der Waals surface area contributed by atoms with Gasteiger partial charge in [-0.1, -0.05) is 11.6 Å². The van der Waals surface area contributed by atoms with Crippen LogP contribution in [-0.4, -0.2) is 11.7 Å². The van der Waals surface area contributed by atoms with E-state index in [0.717, 1.165) is 12.1 Å². The lowest BCUT2D eigenvalue weighted by molar-refractivity contribution is 0.0523. The standard InChI is InChI=1S/C12H14ClF2NO2/c1-12(2,3)18-11(17)16-6-7-8(14)4-5-9(15)10(7)13/h4-5H,6H2,1-3H3,(H,16,17). The topological polar surface area (TPSA) is 38.3 Å². The smallest absolute Gasteiger partial charge is 0.407 e. The summed E-state index contributed by atoms with van der Waals surface area (Å²) < 4.78 is 31.4. The molecule has 0 bridgehead atoms. The van der Waals surface area contributed by atoms with Crippen LogP contribution in [0.1, 0.15) is 26.3 Å². The van der Waals surface area contributed by atoms with Crippen molar-refractivity contribution in [1.82, 2.24) is 5.32 Å². The van der Waals surface area contributed by atoms with Gasteiger partial charge in [0, 0.05) is 5.56 Å². The molecule has 0 spiro atoms. The van der Waals surface area contributed by atoms with Crippen LogP contribution in [0.4, 0.5) is 13.6 Å². The Morgan fingerprint density at radius 1 is 1.33 bits per heavy atom. The van der Waals surface area contributed by atoms with Crippen molar-refractivity contribution in [3.63, 3.8) is 0 Å². The highest BCUT2D eigenvalue weighted by molar-refractivity contribution is 6.31. The van der Waals surface area contributed by atoms with E-state index in [1.807, 2.05) is 0 Å². The second kappa shape index (κ2) is 5.52. The van der Waals surface area contributed by atoms with Crippen molar-refractivity contribution < 1.29 is 18.3 Å². The summed E-state index contributed by atoms with van der Waals surface area (Å²) in [6.45, 7) is 4.85. The number of hydrogen-bond donors (Lipinski definition) is 1. The van der Waals surface area contributed by atoms with E-state index in [2.05, 4.69) is 5.32 Å². The Kier molecular flexibility index (Phi) is 4.51. The maximum atomic E-state index is 13.4. The molecular formula is C12H14ClF2NO2. The molecule has 0 aliphatic carbocycles. The summed E-state index contributed by atoms with van der Waals surface area (Å²) in [6, 6.07) is 1.88. The zero-order valence-corrected chi connectivity index (χ0v) is 11.1. The lowest BCUT2D eigenvalue weighted by atomic mass is 10.2. The molecule has 0 aliphatic rings. The minimum Gasteiger partial charge on any atom is -0.444 e. The molecule has 0 fully saturated rings. The highest BCUT2D eigenvalue weighted by atomic mass is 35.5. The summed E-state index contributed by atoms with van der Waals surface area (Å²) >= 11 is 5.61. The molecule has 1 aromatic carbocycles. The van der Waals surface area contributed by atoms with Crippen molar-refractivity contribution in [1.29, 1.82) is 0 Å². The van der Waals surface area contributed by atoms with Crippen LogP contribution in [-0.2, 0) is 11.3 Å². The van der Waals surface area contributed by atoms with Gasteiger partial charge in [0.25, 0.3) is 0 Å². The van der Waals surface area contributed by atoms with Gasteiger partial charge in [0.15, 0.2) is 0 Å². The Morgan fingerprint density at radius 2 is 1.89 bits per heavy atom. The number of benzene rings is 1. The molecule has 0 saturated heterocycles. The van der Waals surface area contributed by atoms with Crippen molar-refractivity contribution in [3.05, 3.63) is 34.4 Å². The van der Waals surface area contributed by atoms with Gasteiger partial charge in [0.1, 0.15) is 17.2 Å². The van der Waals surface area contributed by atoms with E-state index in [9.17, 15) is 13.6 Å². The molecule has 0 atom stereocenters. The normalized spacial score (nSPS) is 11.2. The molecule has 0 radical (unpaired) electrons. The van der Waals surface area contributed by atoms with E-state index in [1.165, 1.54) is 0 Å². The van der Waals surface area contributed by atoms with Gasteiger partial charge in [-0.25, -0.2) is 13.6 Å². The Labute approximate surface area is 109 Å². The van der Waals surface area contributed by atoms with Crippen LogP contribution in [0.15, 0.2) is 12.1 Å². The van der Waals surface area contributed by atoms with Crippen LogP contribution in [0.2, 0.25) is 5.02 Å². The molecule has 0 heterocycles. The Balaban J connectivity index is 2.70. The molecule has 0 aliphatic heterocycles. The molecule has 1 aromatic rings. The first-order chi connectivity index (χ1) is 8.20. The number of ether oxygens (including phenoxy) is 1. The van der Waals surface area contributed by atoms with Gasteiger partial charge in [0.2, 0.25) is 0 Å². The van der Waals surface area contributed by atoms with E-state index in [-0.39, 0.29) is 17.1 Å². The summed E-state index contributed by atoms with van der Waals surface area (Å²) in [5.41, 5.74) is -0.767. The third-order valence-electron chi connectivity index (χ3n) is 1.95. The Bertz CT molecular complexity index is 458. The van der Waals surface area contributed by atoms with E-state index < -0.39 is 23.3 Å². The predicted molar refractivity (Wildman–Crippen MR) is 64.4 cm³/mol. The first-order valence-electron chi connectivity index (χ1n) is 5.30. The fraction of sp³-hybridized carbons (Fsp3) is 0.417. The second-order valence-electron chi connectivity index (χ2n) is 4.68. The van der Waals surface area contributed by atoms with Gasteiger partial charge in [-0.2, -0.15) is 0 Å². The molecular weight excluding hydrogens is 264 g/mol. The zero-order valence-electron chi connectivity index (χ0n) is 10.3. The molecule has 0 unspecified atom stereocenters. The predicted octanol–water partition coefficient (Wildman–Crippen LogP) is 3.64. The fourth-order valence-electron chi connectivity index (χ4n) is 1.21. The fourth-order valence-corrected chi connectivity index (χ4v) is 1.43. The number of halogens is 3.